The monoisotopic (exact) mass is 699 g/mol. The SMILES string of the molecule is [C-]#[N+]c1ccc2c3ccccc3n(-c3ccccc3-c3cc(-n4c5ccccc5c5cc(-n6c7ccccc7c7ccccc76)ccc54)ccc3[N+]#[C-])c2c1. The Kier molecular flexibility index (Phi) is 6.61. The molecule has 0 aliphatic rings. The molecule has 0 aliphatic carbocycles. The lowest BCUT2D eigenvalue weighted by Gasteiger charge is -2.17. The van der Waals surface area contributed by atoms with Gasteiger partial charge in [-0.1, -0.05) is 109 Å². The zero-order valence-electron chi connectivity index (χ0n) is 29.5. The highest BCUT2D eigenvalue weighted by molar-refractivity contribution is 6.13. The fraction of sp³-hybridized carbons (Fsp3) is 0. The van der Waals surface area contributed by atoms with Crippen molar-refractivity contribution >= 4 is 76.8 Å². The second-order valence-electron chi connectivity index (χ2n) is 13.9. The van der Waals surface area contributed by atoms with E-state index in [1.165, 1.54) is 21.8 Å². The lowest BCUT2D eigenvalue weighted by molar-refractivity contribution is 1.16. The second-order valence-corrected chi connectivity index (χ2v) is 13.9. The largest absolute Gasteiger partial charge is 0.310 e. The first-order chi connectivity index (χ1) is 27.2. The van der Waals surface area contributed by atoms with E-state index in [2.05, 4.69) is 163 Å². The molecule has 5 heteroatoms. The van der Waals surface area contributed by atoms with Crippen LogP contribution in [0.2, 0.25) is 0 Å². The van der Waals surface area contributed by atoms with Crippen LogP contribution in [-0.4, -0.2) is 13.7 Å². The van der Waals surface area contributed by atoms with E-state index in [0.717, 1.165) is 71.8 Å². The van der Waals surface area contributed by atoms with E-state index in [-0.39, 0.29) is 0 Å². The molecule has 55 heavy (non-hydrogen) atoms. The van der Waals surface area contributed by atoms with Gasteiger partial charge in [0.15, 0.2) is 11.4 Å². The van der Waals surface area contributed by atoms with Crippen LogP contribution in [0.3, 0.4) is 0 Å². The van der Waals surface area contributed by atoms with Gasteiger partial charge >= 0.3 is 0 Å². The highest BCUT2D eigenvalue weighted by atomic mass is 15.0. The standard InChI is InChI=1S/C50H29N5/c1-51-32-23-26-40-37-15-5-11-21-47(37)55(50(40)29-32)48-22-12-6-16-38(48)41-30-33(24-27-43(41)52-2)54-46-20-10-7-17-39(46)42-31-34(25-28-49(42)54)53-44-18-8-3-13-35(44)36-14-4-9-19-45(36)53/h3-31H. The first-order valence-electron chi connectivity index (χ1n) is 18.3. The van der Waals surface area contributed by atoms with Gasteiger partial charge in [0.1, 0.15) is 0 Å². The quantitative estimate of drug-likeness (QED) is 0.163. The molecule has 11 aromatic rings. The first-order valence-corrected chi connectivity index (χ1v) is 18.3. The fourth-order valence-corrected chi connectivity index (χ4v) is 8.74. The van der Waals surface area contributed by atoms with Crippen molar-refractivity contribution in [2.75, 3.05) is 0 Å². The maximum absolute atomic E-state index is 8.28. The molecule has 0 N–H and O–H groups in total. The molecule has 0 radical (unpaired) electrons. The second kappa shape index (κ2) is 11.8. The number of fused-ring (bicyclic) bond motifs is 9. The third kappa shape index (κ3) is 4.45. The molecule has 11 rings (SSSR count). The molecular formula is C50H29N5. The normalized spacial score (nSPS) is 11.6. The zero-order valence-corrected chi connectivity index (χ0v) is 29.5. The topological polar surface area (TPSA) is 23.5 Å². The highest BCUT2D eigenvalue weighted by Crippen LogP contribution is 2.43. The van der Waals surface area contributed by atoms with E-state index in [0.29, 0.717) is 11.4 Å². The van der Waals surface area contributed by atoms with Crippen LogP contribution in [0.1, 0.15) is 0 Å². The van der Waals surface area contributed by atoms with E-state index in [4.69, 9.17) is 13.1 Å². The molecule has 0 saturated carbocycles. The van der Waals surface area contributed by atoms with Gasteiger partial charge in [0.05, 0.1) is 46.4 Å². The van der Waals surface area contributed by atoms with Gasteiger partial charge in [0, 0.05) is 49.2 Å². The number of benzene rings is 8. The molecule has 0 atom stereocenters. The summed E-state index contributed by atoms with van der Waals surface area (Å²) < 4.78 is 6.93. The van der Waals surface area contributed by atoms with Gasteiger partial charge in [0.25, 0.3) is 0 Å². The minimum Gasteiger partial charge on any atom is -0.310 e. The van der Waals surface area contributed by atoms with Crippen molar-refractivity contribution < 1.29 is 0 Å². The van der Waals surface area contributed by atoms with Crippen LogP contribution >= 0.6 is 0 Å². The molecule has 254 valence electrons. The third-order valence-electron chi connectivity index (χ3n) is 11.1. The summed E-state index contributed by atoms with van der Waals surface area (Å²) in [6.45, 7) is 16.0. The molecule has 3 aromatic heterocycles. The molecule has 3 heterocycles. The van der Waals surface area contributed by atoms with Crippen molar-refractivity contribution in [1.82, 2.24) is 13.7 Å². The Morgan fingerprint density at radius 2 is 0.818 bits per heavy atom. The molecule has 0 aliphatic heterocycles. The summed E-state index contributed by atoms with van der Waals surface area (Å²) in [6.07, 6.45) is 0. The van der Waals surface area contributed by atoms with E-state index >= 15 is 0 Å². The summed E-state index contributed by atoms with van der Waals surface area (Å²) in [5.74, 6) is 0. The van der Waals surface area contributed by atoms with Crippen molar-refractivity contribution in [3.8, 4) is 28.2 Å². The predicted octanol–water partition coefficient (Wildman–Crippen LogP) is 13.7. The molecule has 0 saturated heterocycles. The highest BCUT2D eigenvalue weighted by Gasteiger charge is 2.20. The minimum absolute atomic E-state index is 0.577. The van der Waals surface area contributed by atoms with Crippen LogP contribution in [-0.2, 0) is 0 Å². The van der Waals surface area contributed by atoms with Crippen molar-refractivity contribution in [2.45, 2.75) is 0 Å². The van der Waals surface area contributed by atoms with Gasteiger partial charge in [-0.25, -0.2) is 9.69 Å². The van der Waals surface area contributed by atoms with Crippen molar-refractivity contribution in [1.29, 1.82) is 0 Å². The first kappa shape index (κ1) is 30.7. The molecule has 8 aromatic carbocycles. The lowest BCUT2D eigenvalue weighted by Crippen LogP contribution is -1.99. The van der Waals surface area contributed by atoms with Gasteiger partial charge in [-0.05, 0) is 77.9 Å². The van der Waals surface area contributed by atoms with Gasteiger partial charge in [-0.2, -0.15) is 0 Å². The van der Waals surface area contributed by atoms with Gasteiger partial charge in [-0.3, -0.25) is 0 Å². The van der Waals surface area contributed by atoms with Crippen LogP contribution < -0.4 is 0 Å². The van der Waals surface area contributed by atoms with Crippen LogP contribution in [0.15, 0.2) is 176 Å². The van der Waals surface area contributed by atoms with E-state index in [9.17, 15) is 0 Å². The van der Waals surface area contributed by atoms with Gasteiger partial charge in [0.2, 0.25) is 0 Å². The maximum atomic E-state index is 8.28. The number of nitrogens with zero attached hydrogens (tertiary/aromatic N) is 5. The Morgan fingerprint density at radius 1 is 0.327 bits per heavy atom. The molecule has 0 unspecified atom stereocenters. The number of rotatable bonds is 4. The third-order valence-corrected chi connectivity index (χ3v) is 11.1. The number of hydrogen-bond donors (Lipinski definition) is 0. The van der Waals surface area contributed by atoms with Crippen LogP contribution in [0.25, 0.3) is 103 Å². The number of para-hydroxylation sites is 5. The Labute approximate surface area is 316 Å². The average Bonchev–Trinajstić information content (AvgIpc) is 3.88. The minimum atomic E-state index is 0.577. The zero-order chi connectivity index (χ0) is 36.6. The Balaban J connectivity index is 1.14. The summed E-state index contributed by atoms with van der Waals surface area (Å²) in [6, 6.07) is 61.3. The lowest BCUT2D eigenvalue weighted by atomic mass is 10.0. The van der Waals surface area contributed by atoms with Crippen molar-refractivity contribution in [3.05, 3.63) is 199 Å². The Hall–Kier alpha value is -7.86. The average molecular weight is 700 g/mol. The van der Waals surface area contributed by atoms with Crippen molar-refractivity contribution in [3.63, 3.8) is 0 Å². The summed E-state index contributed by atoms with van der Waals surface area (Å²) in [5, 5.41) is 7.00. The maximum Gasteiger partial charge on any atom is 0.195 e. The fourth-order valence-electron chi connectivity index (χ4n) is 8.74. The van der Waals surface area contributed by atoms with E-state index < -0.39 is 0 Å². The summed E-state index contributed by atoms with van der Waals surface area (Å²) >= 11 is 0. The Morgan fingerprint density at radius 3 is 1.44 bits per heavy atom. The molecule has 0 amide bonds. The molecule has 0 fully saturated rings. The van der Waals surface area contributed by atoms with Crippen molar-refractivity contribution in [2.24, 2.45) is 0 Å². The van der Waals surface area contributed by atoms with Gasteiger partial charge in [-0.15, -0.1) is 0 Å². The smallest absolute Gasteiger partial charge is 0.195 e. The summed E-state index contributed by atoms with van der Waals surface area (Å²) in [4.78, 5) is 7.81. The van der Waals surface area contributed by atoms with Gasteiger partial charge < -0.3 is 13.7 Å². The molecule has 0 bridgehead atoms. The molecular weight excluding hydrogens is 671 g/mol. The number of aromatic nitrogens is 3. The summed E-state index contributed by atoms with van der Waals surface area (Å²) in [5.41, 5.74) is 12.6. The van der Waals surface area contributed by atoms with E-state index in [1.54, 1.807) is 0 Å². The predicted molar refractivity (Wildman–Crippen MR) is 227 cm³/mol. The molecule has 0 spiro atoms. The number of hydrogen-bond acceptors (Lipinski definition) is 0. The van der Waals surface area contributed by atoms with Crippen LogP contribution in [0, 0.1) is 13.1 Å². The molecule has 5 nitrogen and oxygen atoms in total. The van der Waals surface area contributed by atoms with Crippen LogP contribution in [0.4, 0.5) is 11.4 Å². The van der Waals surface area contributed by atoms with E-state index in [1.807, 2.05) is 36.4 Å². The Bertz CT molecular complexity index is 3420. The van der Waals surface area contributed by atoms with Crippen LogP contribution in [0.5, 0.6) is 0 Å². The summed E-state index contributed by atoms with van der Waals surface area (Å²) in [7, 11) is 0.